The van der Waals surface area contributed by atoms with E-state index in [1.807, 2.05) is 31.2 Å². The van der Waals surface area contributed by atoms with Crippen LogP contribution in [0.5, 0.6) is 5.75 Å². The fraction of sp³-hybridized carbons (Fsp3) is 0.222. The SMILES string of the molecule is Cc1cccc(OCCNC(=O)Cn2nnc(-c3ccc(Cl)cc3)n2)c1. The Morgan fingerprint density at radius 3 is 2.81 bits per heavy atom. The number of rotatable bonds is 7. The Labute approximate surface area is 155 Å². The summed E-state index contributed by atoms with van der Waals surface area (Å²) in [6, 6.07) is 14.8. The standard InChI is InChI=1S/C18H18ClN5O2/c1-13-3-2-4-16(11-13)26-10-9-20-17(25)12-24-22-18(21-23-24)14-5-7-15(19)8-6-14/h2-8,11H,9-10,12H2,1H3,(H,20,25). The topological polar surface area (TPSA) is 81.9 Å². The predicted octanol–water partition coefficient (Wildman–Crippen LogP) is 2.50. The van der Waals surface area contributed by atoms with Crippen LogP contribution in [0.1, 0.15) is 5.56 Å². The Morgan fingerprint density at radius 1 is 1.23 bits per heavy atom. The third kappa shape index (κ3) is 5.03. The number of hydrogen-bond donors (Lipinski definition) is 1. The van der Waals surface area contributed by atoms with E-state index in [-0.39, 0.29) is 12.5 Å². The molecule has 0 fully saturated rings. The summed E-state index contributed by atoms with van der Waals surface area (Å²) in [5.74, 6) is 1.01. The predicted molar refractivity (Wildman–Crippen MR) is 97.9 cm³/mol. The number of hydrogen-bond acceptors (Lipinski definition) is 5. The fourth-order valence-corrected chi connectivity index (χ4v) is 2.40. The monoisotopic (exact) mass is 371 g/mol. The smallest absolute Gasteiger partial charge is 0.243 e. The quantitative estimate of drug-likeness (QED) is 0.645. The third-order valence-electron chi connectivity index (χ3n) is 3.52. The highest BCUT2D eigenvalue weighted by molar-refractivity contribution is 6.30. The first-order chi connectivity index (χ1) is 12.6. The Balaban J connectivity index is 1.44. The maximum absolute atomic E-state index is 12.0. The molecular weight excluding hydrogens is 354 g/mol. The van der Waals surface area contributed by atoms with Crippen LogP contribution < -0.4 is 10.1 Å². The highest BCUT2D eigenvalue weighted by Gasteiger charge is 2.09. The second-order valence-corrected chi connectivity index (χ2v) is 6.10. The molecule has 2 aromatic carbocycles. The Hall–Kier alpha value is -2.93. The van der Waals surface area contributed by atoms with Gasteiger partial charge in [0.15, 0.2) is 0 Å². The van der Waals surface area contributed by atoms with Crippen LogP contribution in [0.15, 0.2) is 48.5 Å². The van der Waals surface area contributed by atoms with Gasteiger partial charge in [-0.1, -0.05) is 23.7 Å². The van der Waals surface area contributed by atoms with Gasteiger partial charge in [0.05, 0.1) is 6.54 Å². The van der Waals surface area contributed by atoms with Crippen molar-refractivity contribution in [3.63, 3.8) is 0 Å². The summed E-state index contributed by atoms with van der Waals surface area (Å²) >= 11 is 5.86. The van der Waals surface area contributed by atoms with Crippen molar-refractivity contribution in [2.75, 3.05) is 13.2 Å². The van der Waals surface area contributed by atoms with Gasteiger partial charge in [0.1, 0.15) is 18.9 Å². The van der Waals surface area contributed by atoms with E-state index in [1.54, 1.807) is 24.3 Å². The molecule has 0 aliphatic rings. The van der Waals surface area contributed by atoms with Crippen LogP contribution in [-0.4, -0.2) is 39.3 Å². The van der Waals surface area contributed by atoms with E-state index in [2.05, 4.69) is 20.7 Å². The molecule has 0 saturated carbocycles. The molecule has 0 unspecified atom stereocenters. The van der Waals surface area contributed by atoms with Crippen LogP contribution in [0.25, 0.3) is 11.4 Å². The van der Waals surface area contributed by atoms with Gasteiger partial charge in [-0.15, -0.1) is 10.2 Å². The summed E-state index contributed by atoms with van der Waals surface area (Å²) in [6.45, 7) is 2.77. The number of nitrogens with zero attached hydrogens (tertiary/aromatic N) is 4. The molecule has 0 aliphatic carbocycles. The lowest BCUT2D eigenvalue weighted by Crippen LogP contribution is -2.31. The average molecular weight is 372 g/mol. The molecule has 3 rings (SSSR count). The summed E-state index contributed by atoms with van der Waals surface area (Å²) in [5.41, 5.74) is 1.91. The minimum absolute atomic E-state index is 0.00889. The van der Waals surface area contributed by atoms with Gasteiger partial charge in [-0.05, 0) is 54.1 Å². The van der Waals surface area contributed by atoms with Gasteiger partial charge in [-0.3, -0.25) is 4.79 Å². The lowest BCUT2D eigenvalue weighted by Gasteiger charge is -2.08. The van der Waals surface area contributed by atoms with E-state index in [0.717, 1.165) is 16.9 Å². The summed E-state index contributed by atoms with van der Waals surface area (Å²) in [7, 11) is 0. The lowest BCUT2D eigenvalue weighted by molar-refractivity contribution is -0.122. The Bertz CT molecular complexity index is 879. The first-order valence-corrected chi connectivity index (χ1v) is 8.48. The lowest BCUT2D eigenvalue weighted by atomic mass is 10.2. The minimum Gasteiger partial charge on any atom is -0.492 e. The Kier molecular flexibility index (Phi) is 5.80. The number of nitrogens with one attached hydrogen (secondary N) is 1. The van der Waals surface area contributed by atoms with Crippen molar-refractivity contribution in [3.05, 3.63) is 59.1 Å². The molecule has 0 saturated heterocycles. The molecule has 1 N–H and O–H groups in total. The van der Waals surface area contributed by atoms with E-state index in [1.165, 1.54) is 4.80 Å². The van der Waals surface area contributed by atoms with Crippen LogP contribution in [0.4, 0.5) is 0 Å². The molecule has 1 heterocycles. The number of tetrazole rings is 1. The van der Waals surface area contributed by atoms with Crippen molar-refractivity contribution in [1.82, 2.24) is 25.5 Å². The van der Waals surface area contributed by atoms with Crippen molar-refractivity contribution in [2.45, 2.75) is 13.5 Å². The first-order valence-electron chi connectivity index (χ1n) is 8.10. The molecule has 1 amide bonds. The summed E-state index contributed by atoms with van der Waals surface area (Å²) in [6.07, 6.45) is 0. The number of benzene rings is 2. The van der Waals surface area contributed by atoms with Crippen LogP contribution in [0, 0.1) is 6.92 Å². The Morgan fingerprint density at radius 2 is 2.04 bits per heavy atom. The van der Waals surface area contributed by atoms with Crippen LogP contribution in [0.2, 0.25) is 5.02 Å². The average Bonchev–Trinajstić information content (AvgIpc) is 3.08. The molecule has 0 aliphatic heterocycles. The number of aromatic nitrogens is 4. The van der Waals surface area contributed by atoms with E-state index >= 15 is 0 Å². The molecule has 26 heavy (non-hydrogen) atoms. The molecule has 7 nitrogen and oxygen atoms in total. The largest absolute Gasteiger partial charge is 0.492 e. The molecule has 134 valence electrons. The summed E-state index contributed by atoms with van der Waals surface area (Å²) in [4.78, 5) is 13.2. The van der Waals surface area contributed by atoms with Gasteiger partial charge in [-0.2, -0.15) is 4.80 Å². The van der Waals surface area contributed by atoms with Crippen molar-refractivity contribution >= 4 is 17.5 Å². The fourth-order valence-electron chi connectivity index (χ4n) is 2.27. The molecule has 0 bridgehead atoms. The second kappa shape index (κ2) is 8.44. The zero-order valence-electron chi connectivity index (χ0n) is 14.2. The highest BCUT2D eigenvalue weighted by Crippen LogP contribution is 2.16. The van der Waals surface area contributed by atoms with Crippen molar-refractivity contribution in [1.29, 1.82) is 0 Å². The van der Waals surface area contributed by atoms with E-state index in [0.29, 0.717) is 24.0 Å². The zero-order chi connectivity index (χ0) is 18.4. The summed E-state index contributed by atoms with van der Waals surface area (Å²) < 4.78 is 5.58. The maximum Gasteiger partial charge on any atom is 0.243 e. The van der Waals surface area contributed by atoms with Crippen molar-refractivity contribution in [2.24, 2.45) is 0 Å². The van der Waals surface area contributed by atoms with Gasteiger partial charge < -0.3 is 10.1 Å². The van der Waals surface area contributed by atoms with Gasteiger partial charge >= 0.3 is 0 Å². The number of aryl methyl sites for hydroxylation is 1. The van der Waals surface area contributed by atoms with Gasteiger partial charge in [-0.25, -0.2) is 0 Å². The van der Waals surface area contributed by atoms with E-state index < -0.39 is 0 Å². The minimum atomic E-state index is -0.210. The van der Waals surface area contributed by atoms with Crippen LogP contribution >= 0.6 is 11.6 Å². The normalized spacial score (nSPS) is 10.5. The molecule has 0 radical (unpaired) electrons. The number of carbonyl (C=O) groups is 1. The third-order valence-corrected chi connectivity index (χ3v) is 3.77. The number of halogens is 1. The molecule has 8 heteroatoms. The molecule has 1 aromatic heterocycles. The van der Waals surface area contributed by atoms with Crippen LogP contribution in [-0.2, 0) is 11.3 Å². The van der Waals surface area contributed by atoms with Gasteiger partial charge in [0.2, 0.25) is 11.7 Å². The molecule has 3 aromatic rings. The van der Waals surface area contributed by atoms with Crippen molar-refractivity contribution in [3.8, 4) is 17.1 Å². The number of amides is 1. The molecule has 0 atom stereocenters. The van der Waals surface area contributed by atoms with Gasteiger partial charge in [0, 0.05) is 10.6 Å². The number of ether oxygens (including phenoxy) is 1. The van der Waals surface area contributed by atoms with Gasteiger partial charge in [0.25, 0.3) is 0 Å². The maximum atomic E-state index is 12.0. The van der Waals surface area contributed by atoms with Crippen LogP contribution in [0.3, 0.4) is 0 Å². The van der Waals surface area contributed by atoms with E-state index in [9.17, 15) is 4.79 Å². The number of carbonyl (C=O) groups excluding carboxylic acids is 1. The summed E-state index contributed by atoms with van der Waals surface area (Å²) in [5, 5.41) is 15.4. The zero-order valence-corrected chi connectivity index (χ0v) is 15.0. The second-order valence-electron chi connectivity index (χ2n) is 5.67. The first kappa shape index (κ1) is 17.9. The van der Waals surface area contributed by atoms with E-state index in [4.69, 9.17) is 16.3 Å². The molecule has 0 spiro atoms. The van der Waals surface area contributed by atoms with Crippen molar-refractivity contribution < 1.29 is 9.53 Å². The molecular formula is C18H18ClN5O2. The highest BCUT2D eigenvalue weighted by atomic mass is 35.5.